The van der Waals surface area contributed by atoms with Gasteiger partial charge in [0.15, 0.2) is 6.61 Å². The summed E-state index contributed by atoms with van der Waals surface area (Å²) in [5, 5.41) is 2.74. The molecule has 0 aliphatic carbocycles. The SMILES string of the molecule is CCNC(=O)COc1ccc(N(C(CN)=C(C)CC)C2CCOCC2)c(C)c1. The van der Waals surface area contributed by atoms with Crippen LogP contribution in [0.15, 0.2) is 29.5 Å². The van der Waals surface area contributed by atoms with Gasteiger partial charge in [0.1, 0.15) is 5.75 Å². The molecule has 0 unspecified atom stereocenters. The second-order valence-electron chi connectivity index (χ2n) is 7.19. The second-order valence-corrected chi connectivity index (χ2v) is 7.19. The van der Waals surface area contributed by atoms with Crippen LogP contribution >= 0.6 is 0 Å². The molecule has 1 aromatic carbocycles. The zero-order chi connectivity index (χ0) is 20.5. The predicted octanol–water partition coefficient (Wildman–Crippen LogP) is 3.14. The van der Waals surface area contributed by atoms with Gasteiger partial charge < -0.3 is 25.4 Å². The number of ether oxygens (including phenoxy) is 2. The van der Waals surface area contributed by atoms with Gasteiger partial charge in [-0.05, 0) is 63.8 Å². The molecule has 28 heavy (non-hydrogen) atoms. The van der Waals surface area contributed by atoms with Crippen molar-refractivity contribution in [3.63, 3.8) is 0 Å². The van der Waals surface area contributed by atoms with E-state index in [-0.39, 0.29) is 12.5 Å². The molecule has 3 N–H and O–H groups in total. The topological polar surface area (TPSA) is 76.8 Å². The van der Waals surface area contributed by atoms with Gasteiger partial charge in [-0.1, -0.05) is 12.5 Å². The average molecular weight is 390 g/mol. The van der Waals surface area contributed by atoms with E-state index < -0.39 is 0 Å². The second kappa shape index (κ2) is 11.1. The van der Waals surface area contributed by atoms with Gasteiger partial charge in [0.05, 0.1) is 0 Å². The minimum atomic E-state index is -0.111. The van der Waals surface area contributed by atoms with Crippen LogP contribution < -0.4 is 20.7 Å². The normalized spacial score (nSPS) is 15.8. The fraction of sp³-hybridized carbons (Fsp3) is 0.591. The number of allylic oxidation sites excluding steroid dienone is 1. The zero-order valence-electron chi connectivity index (χ0n) is 17.7. The maximum absolute atomic E-state index is 11.6. The van der Waals surface area contributed by atoms with Crippen LogP contribution in [0.3, 0.4) is 0 Å². The molecule has 6 heteroatoms. The molecular weight excluding hydrogens is 354 g/mol. The summed E-state index contributed by atoms with van der Waals surface area (Å²) >= 11 is 0. The third kappa shape index (κ3) is 5.72. The van der Waals surface area contributed by atoms with E-state index in [0.717, 1.165) is 43.7 Å². The molecule has 0 aromatic heterocycles. The number of benzene rings is 1. The minimum absolute atomic E-state index is 0.0270. The van der Waals surface area contributed by atoms with Gasteiger partial charge in [-0.25, -0.2) is 0 Å². The van der Waals surface area contributed by atoms with E-state index in [1.807, 2.05) is 19.1 Å². The number of aryl methyl sites for hydroxylation is 1. The highest BCUT2D eigenvalue weighted by molar-refractivity contribution is 5.77. The first-order valence-electron chi connectivity index (χ1n) is 10.3. The van der Waals surface area contributed by atoms with E-state index in [0.29, 0.717) is 24.9 Å². The number of hydrogen-bond acceptors (Lipinski definition) is 5. The fourth-order valence-electron chi connectivity index (χ4n) is 3.57. The number of nitrogens with two attached hydrogens (primary N) is 1. The molecule has 156 valence electrons. The van der Waals surface area contributed by atoms with Crippen LogP contribution in [-0.2, 0) is 9.53 Å². The van der Waals surface area contributed by atoms with Crippen molar-refractivity contribution in [2.75, 3.05) is 37.8 Å². The van der Waals surface area contributed by atoms with Crippen LogP contribution in [0.5, 0.6) is 5.75 Å². The van der Waals surface area contributed by atoms with Crippen molar-refractivity contribution in [3.05, 3.63) is 35.0 Å². The molecule has 1 aliphatic heterocycles. The number of rotatable bonds is 9. The van der Waals surface area contributed by atoms with Crippen LogP contribution in [0.1, 0.15) is 45.6 Å². The van der Waals surface area contributed by atoms with Gasteiger partial charge in [0.25, 0.3) is 5.91 Å². The Labute approximate surface area is 169 Å². The van der Waals surface area contributed by atoms with Gasteiger partial charge in [0.2, 0.25) is 0 Å². The summed E-state index contributed by atoms with van der Waals surface area (Å²) in [7, 11) is 0. The first kappa shape index (κ1) is 22.2. The van der Waals surface area contributed by atoms with Gasteiger partial charge in [-0.3, -0.25) is 4.79 Å². The summed E-state index contributed by atoms with van der Waals surface area (Å²) in [6.07, 6.45) is 2.93. The maximum Gasteiger partial charge on any atom is 0.257 e. The Morgan fingerprint density at radius 2 is 2.04 bits per heavy atom. The van der Waals surface area contributed by atoms with E-state index in [9.17, 15) is 4.79 Å². The van der Waals surface area contributed by atoms with Crippen molar-refractivity contribution in [2.45, 2.75) is 53.0 Å². The highest BCUT2D eigenvalue weighted by atomic mass is 16.5. The molecular formula is C22H35N3O3. The number of carbonyl (C=O) groups excluding carboxylic acids is 1. The maximum atomic E-state index is 11.6. The van der Waals surface area contributed by atoms with Crippen LogP contribution in [0.4, 0.5) is 5.69 Å². The number of nitrogens with zero attached hydrogens (tertiary/aromatic N) is 1. The van der Waals surface area contributed by atoms with Gasteiger partial charge in [-0.2, -0.15) is 0 Å². The molecule has 1 aliphatic rings. The number of hydrogen-bond donors (Lipinski definition) is 2. The summed E-state index contributed by atoms with van der Waals surface area (Å²) in [6.45, 7) is 11.0. The molecule has 0 bridgehead atoms. The lowest BCUT2D eigenvalue weighted by Gasteiger charge is -2.39. The van der Waals surface area contributed by atoms with Crippen molar-refractivity contribution in [2.24, 2.45) is 5.73 Å². The minimum Gasteiger partial charge on any atom is -0.484 e. The first-order valence-corrected chi connectivity index (χ1v) is 10.3. The Bertz CT molecular complexity index is 682. The zero-order valence-corrected chi connectivity index (χ0v) is 17.7. The molecule has 1 fully saturated rings. The van der Waals surface area contributed by atoms with Crippen molar-refractivity contribution < 1.29 is 14.3 Å². The van der Waals surface area contributed by atoms with Crippen LogP contribution in [-0.4, -0.2) is 44.9 Å². The van der Waals surface area contributed by atoms with Crippen LogP contribution in [0, 0.1) is 6.92 Å². The molecule has 0 saturated carbocycles. The summed E-state index contributed by atoms with van der Waals surface area (Å²) in [6, 6.07) is 6.38. The monoisotopic (exact) mass is 389 g/mol. The Morgan fingerprint density at radius 1 is 1.32 bits per heavy atom. The Kier molecular flexibility index (Phi) is 8.80. The number of anilines is 1. The standard InChI is InChI=1S/C22H35N3O3/c1-5-16(3)21(14-23)25(18-9-11-27-12-10-18)20-8-7-19(13-17(20)4)28-15-22(26)24-6-2/h7-8,13,18H,5-6,9-12,14-15,23H2,1-4H3,(H,24,26). The highest BCUT2D eigenvalue weighted by Crippen LogP contribution is 2.33. The quantitative estimate of drug-likeness (QED) is 0.678. The molecule has 0 spiro atoms. The predicted molar refractivity (Wildman–Crippen MR) is 114 cm³/mol. The van der Waals surface area contributed by atoms with E-state index in [1.54, 1.807) is 0 Å². The van der Waals surface area contributed by atoms with Crippen LogP contribution in [0.25, 0.3) is 0 Å². The molecule has 0 atom stereocenters. The third-order valence-corrected chi connectivity index (χ3v) is 5.23. The van der Waals surface area contributed by atoms with Crippen molar-refractivity contribution in [1.29, 1.82) is 0 Å². The van der Waals surface area contributed by atoms with Crippen molar-refractivity contribution >= 4 is 11.6 Å². The summed E-state index contributed by atoms with van der Waals surface area (Å²) in [5.41, 5.74) is 10.9. The van der Waals surface area contributed by atoms with Gasteiger partial charge in [-0.15, -0.1) is 0 Å². The molecule has 1 heterocycles. The first-order chi connectivity index (χ1) is 13.5. The fourth-order valence-corrected chi connectivity index (χ4v) is 3.57. The third-order valence-electron chi connectivity index (χ3n) is 5.23. The summed E-state index contributed by atoms with van der Waals surface area (Å²) in [5.74, 6) is 0.588. The van der Waals surface area contributed by atoms with E-state index >= 15 is 0 Å². The molecule has 1 aromatic rings. The lowest BCUT2D eigenvalue weighted by Crippen LogP contribution is -2.41. The molecule has 1 saturated heterocycles. The van der Waals surface area contributed by atoms with E-state index in [4.69, 9.17) is 15.2 Å². The van der Waals surface area contributed by atoms with Gasteiger partial charge in [0, 0.05) is 43.7 Å². The Morgan fingerprint density at radius 3 is 2.61 bits per heavy atom. The average Bonchev–Trinajstić information content (AvgIpc) is 2.71. The largest absolute Gasteiger partial charge is 0.484 e. The number of nitrogens with one attached hydrogen (secondary N) is 1. The summed E-state index contributed by atoms with van der Waals surface area (Å²) < 4.78 is 11.2. The smallest absolute Gasteiger partial charge is 0.257 e. The molecule has 1 amide bonds. The Hall–Kier alpha value is -2.05. The lowest BCUT2D eigenvalue weighted by molar-refractivity contribution is -0.122. The molecule has 6 nitrogen and oxygen atoms in total. The van der Waals surface area contributed by atoms with E-state index in [2.05, 4.69) is 37.1 Å². The lowest BCUT2D eigenvalue weighted by atomic mass is 10.0. The number of likely N-dealkylation sites (N-methyl/N-ethyl adjacent to an activating group) is 1. The highest BCUT2D eigenvalue weighted by Gasteiger charge is 2.26. The molecule has 2 rings (SSSR count). The Balaban J connectivity index is 2.30. The summed E-state index contributed by atoms with van der Waals surface area (Å²) in [4.78, 5) is 14.1. The van der Waals surface area contributed by atoms with Crippen LogP contribution in [0.2, 0.25) is 0 Å². The van der Waals surface area contributed by atoms with Gasteiger partial charge >= 0.3 is 0 Å². The molecule has 0 radical (unpaired) electrons. The number of amides is 1. The number of carbonyl (C=O) groups is 1. The van der Waals surface area contributed by atoms with Crippen molar-refractivity contribution in [3.8, 4) is 5.75 Å². The van der Waals surface area contributed by atoms with Crippen molar-refractivity contribution in [1.82, 2.24) is 5.32 Å². The van der Waals surface area contributed by atoms with E-state index in [1.165, 1.54) is 11.3 Å².